The van der Waals surface area contributed by atoms with E-state index in [0.717, 1.165) is 18.9 Å². The van der Waals surface area contributed by atoms with Crippen molar-refractivity contribution >= 4 is 0 Å². The SMILES string of the molecule is O[C@@H]1CCCC1/C=C/C(F)(F)COc1ccccc1. The summed E-state index contributed by atoms with van der Waals surface area (Å²) in [7, 11) is 0. The second-order valence-electron chi connectivity index (χ2n) is 4.88. The molecule has 0 aliphatic heterocycles. The molecule has 2 atom stereocenters. The molecular formula is C15H18F2O2. The maximum absolute atomic E-state index is 13.6. The minimum atomic E-state index is -3.02. The summed E-state index contributed by atoms with van der Waals surface area (Å²) in [4.78, 5) is 0. The lowest BCUT2D eigenvalue weighted by Gasteiger charge is -2.15. The third kappa shape index (κ3) is 4.31. The van der Waals surface area contributed by atoms with Crippen molar-refractivity contribution in [1.29, 1.82) is 0 Å². The molecule has 1 aliphatic carbocycles. The standard InChI is InChI=1S/C15H18F2O2/c16-15(17,10-9-12-5-4-8-14(12)18)11-19-13-6-2-1-3-7-13/h1-3,6-7,9-10,12,14,18H,4-5,8,11H2/b10-9+/t12?,14-/m1/s1. The van der Waals surface area contributed by atoms with E-state index in [0.29, 0.717) is 12.2 Å². The summed E-state index contributed by atoms with van der Waals surface area (Å²) in [5.74, 6) is -2.74. The van der Waals surface area contributed by atoms with E-state index in [-0.39, 0.29) is 5.92 Å². The van der Waals surface area contributed by atoms with Gasteiger partial charge in [0.1, 0.15) is 5.75 Å². The fourth-order valence-corrected chi connectivity index (χ4v) is 2.20. The Hall–Kier alpha value is -1.42. The number of ether oxygens (including phenoxy) is 1. The first-order valence-electron chi connectivity index (χ1n) is 6.50. The van der Waals surface area contributed by atoms with Crippen molar-refractivity contribution in [3.8, 4) is 5.75 Å². The molecule has 0 radical (unpaired) electrons. The summed E-state index contributed by atoms with van der Waals surface area (Å²) < 4.78 is 32.2. The maximum atomic E-state index is 13.6. The first kappa shape index (κ1) is 14.0. The van der Waals surface area contributed by atoms with Crippen LogP contribution in [-0.2, 0) is 0 Å². The normalized spacial score (nSPS) is 23.9. The fourth-order valence-electron chi connectivity index (χ4n) is 2.20. The van der Waals surface area contributed by atoms with Gasteiger partial charge in [-0.05, 0) is 31.1 Å². The highest BCUT2D eigenvalue weighted by atomic mass is 19.3. The lowest BCUT2D eigenvalue weighted by Crippen LogP contribution is -2.23. The molecule has 1 unspecified atom stereocenters. The number of benzene rings is 1. The number of hydrogen-bond acceptors (Lipinski definition) is 2. The summed E-state index contributed by atoms with van der Waals surface area (Å²) in [6, 6.07) is 8.55. The lowest BCUT2D eigenvalue weighted by atomic mass is 10.0. The molecular weight excluding hydrogens is 250 g/mol. The van der Waals surface area contributed by atoms with E-state index in [1.54, 1.807) is 30.3 Å². The number of para-hydroxylation sites is 1. The smallest absolute Gasteiger partial charge is 0.299 e. The molecule has 1 N–H and O–H groups in total. The molecule has 1 aromatic carbocycles. The molecule has 0 bridgehead atoms. The third-order valence-corrected chi connectivity index (χ3v) is 3.29. The van der Waals surface area contributed by atoms with E-state index in [1.807, 2.05) is 0 Å². The number of hydrogen-bond donors (Lipinski definition) is 1. The molecule has 2 nitrogen and oxygen atoms in total. The van der Waals surface area contributed by atoms with Crippen LogP contribution < -0.4 is 4.74 Å². The van der Waals surface area contributed by atoms with Crippen LogP contribution in [0.25, 0.3) is 0 Å². The van der Waals surface area contributed by atoms with Crippen molar-refractivity contribution in [2.75, 3.05) is 6.61 Å². The summed E-state index contributed by atoms with van der Waals surface area (Å²) >= 11 is 0. The second-order valence-corrected chi connectivity index (χ2v) is 4.88. The highest BCUT2D eigenvalue weighted by molar-refractivity contribution is 5.21. The number of aliphatic hydroxyl groups excluding tert-OH is 1. The van der Waals surface area contributed by atoms with Gasteiger partial charge >= 0.3 is 0 Å². The molecule has 0 heterocycles. The van der Waals surface area contributed by atoms with Crippen molar-refractivity contribution in [3.63, 3.8) is 0 Å². The predicted molar refractivity (Wildman–Crippen MR) is 69.4 cm³/mol. The molecule has 1 aromatic rings. The average molecular weight is 268 g/mol. The molecule has 0 spiro atoms. The monoisotopic (exact) mass is 268 g/mol. The van der Waals surface area contributed by atoms with Gasteiger partial charge < -0.3 is 9.84 Å². The van der Waals surface area contributed by atoms with Crippen molar-refractivity contribution in [2.24, 2.45) is 5.92 Å². The van der Waals surface area contributed by atoms with Gasteiger partial charge in [-0.2, -0.15) is 8.78 Å². The number of aliphatic hydroxyl groups is 1. The summed E-state index contributed by atoms with van der Waals surface area (Å²) in [6.45, 7) is -0.684. The molecule has 0 saturated heterocycles. The van der Waals surface area contributed by atoms with E-state index in [9.17, 15) is 13.9 Å². The Morgan fingerprint density at radius 3 is 2.63 bits per heavy atom. The Balaban J connectivity index is 1.86. The van der Waals surface area contributed by atoms with E-state index in [2.05, 4.69) is 0 Å². The number of alkyl halides is 2. The van der Waals surface area contributed by atoms with Gasteiger partial charge in [-0.15, -0.1) is 0 Å². The van der Waals surface area contributed by atoms with Crippen LogP contribution in [0.1, 0.15) is 19.3 Å². The van der Waals surface area contributed by atoms with Crippen LogP contribution in [0.4, 0.5) is 8.78 Å². The molecule has 1 fully saturated rings. The third-order valence-electron chi connectivity index (χ3n) is 3.29. The van der Waals surface area contributed by atoms with Crippen LogP contribution in [0.15, 0.2) is 42.5 Å². The van der Waals surface area contributed by atoms with Crippen molar-refractivity contribution in [1.82, 2.24) is 0 Å². The summed E-state index contributed by atoms with van der Waals surface area (Å²) in [5.41, 5.74) is 0. The topological polar surface area (TPSA) is 29.5 Å². The Kier molecular flexibility index (Phi) is 4.53. The van der Waals surface area contributed by atoms with Crippen LogP contribution in [0.2, 0.25) is 0 Å². The van der Waals surface area contributed by atoms with Gasteiger partial charge in [0.25, 0.3) is 5.92 Å². The predicted octanol–water partition coefficient (Wildman–Crippen LogP) is 3.42. The highest BCUT2D eigenvalue weighted by Crippen LogP contribution is 2.28. The van der Waals surface area contributed by atoms with E-state index in [1.165, 1.54) is 6.08 Å². The molecule has 4 heteroatoms. The Bertz CT molecular complexity index is 417. The fraction of sp³-hybridized carbons (Fsp3) is 0.467. The zero-order valence-corrected chi connectivity index (χ0v) is 10.6. The average Bonchev–Trinajstić information content (AvgIpc) is 2.81. The van der Waals surface area contributed by atoms with Crippen molar-refractivity contribution in [2.45, 2.75) is 31.3 Å². The van der Waals surface area contributed by atoms with Gasteiger partial charge in [-0.25, -0.2) is 0 Å². The molecule has 104 valence electrons. The van der Waals surface area contributed by atoms with Crippen LogP contribution >= 0.6 is 0 Å². The molecule has 19 heavy (non-hydrogen) atoms. The van der Waals surface area contributed by atoms with Crippen LogP contribution in [0.3, 0.4) is 0 Å². The molecule has 0 aromatic heterocycles. The first-order valence-corrected chi connectivity index (χ1v) is 6.50. The second kappa shape index (κ2) is 6.15. The zero-order valence-electron chi connectivity index (χ0n) is 10.6. The van der Waals surface area contributed by atoms with Gasteiger partial charge in [0, 0.05) is 5.92 Å². The van der Waals surface area contributed by atoms with Gasteiger partial charge in [-0.3, -0.25) is 0 Å². The number of rotatable bonds is 5. The minimum absolute atomic E-state index is 0.150. The minimum Gasteiger partial charge on any atom is -0.487 e. The molecule has 2 rings (SSSR count). The lowest BCUT2D eigenvalue weighted by molar-refractivity contribution is 0.00431. The molecule has 0 amide bonds. The van der Waals surface area contributed by atoms with E-state index >= 15 is 0 Å². The van der Waals surface area contributed by atoms with Gasteiger partial charge in [0.2, 0.25) is 0 Å². The Morgan fingerprint density at radius 2 is 2.00 bits per heavy atom. The van der Waals surface area contributed by atoms with Crippen molar-refractivity contribution < 1.29 is 18.6 Å². The van der Waals surface area contributed by atoms with Gasteiger partial charge in [0.15, 0.2) is 6.61 Å². The quantitative estimate of drug-likeness (QED) is 0.829. The van der Waals surface area contributed by atoms with Crippen molar-refractivity contribution in [3.05, 3.63) is 42.5 Å². The largest absolute Gasteiger partial charge is 0.487 e. The maximum Gasteiger partial charge on any atom is 0.299 e. The molecule has 1 saturated carbocycles. The van der Waals surface area contributed by atoms with Crippen LogP contribution in [-0.4, -0.2) is 23.7 Å². The van der Waals surface area contributed by atoms with Gasteiger partial charge in [-0.1, -0.05) is 30.7 Å². The van der Waals surface area contributed by atoms with E-state index < -0.39 is 18.6 Å². The molecule has 1 aliphatic rings. The Labute approximate surface area is 111 Å². The number of halogens is 2. The highest BCUT2D eigenvalue weighted by Gasteiger charge is 2.29. The van der Waals surface area contributed by atoms with Crippen LogP contribution in [0.5, 0.6) is 5.75 Å². The van der Waals surface area contributed by atoms with Gasteiger partial charge in [0.05, 0.1) is 6.10 Å². The summed E-state index contributed by atoms with van der Waals surface area (Å²) in [6.07, 6.45) is 4.15. The first-order chi connectivity index (χ1) is 9.07. The zero-order chi connectivity index (χ0) is 13.7. The Morgan fingerprint density at radius 1 is 1.26 bits per heavy atom. The summed E-state index contributed by atoms with van der Waals surface area (Å²) in [5, 5.41) is 9.57. The van der Waals surface area contributed by atoms with Crippen LogP contribution in [0, 0.1) is 5.92 Å². The van der Waals surface area contributed by atoms with E-state index in [4.69, 9.17) is 4.74 Å².